The van der Waals surface area contributed by atoms with Crippen molar-refractivity contribution in [2.45, 2.75) is 13.1 Å². The molecule has 0 aliphatic heterocycles. The van der Waals surface area contributed by atoms with Gasteiger partial charge < -0.3 is 10.5 Å². The molecule has 0 aromatic heterocycles. The number of aryl methyl sites for hydroxylation is 1. The number of rotatable bonds is 2. The Hall–Kier alpha value is -1.67. The normalized spacial score (nSPS) is 10.6. The summed E-state index contributed by atoms with van der Waals surface area (Å²) in [5, 5.41) is 0. The van der Waals surface area contributed by atoms with E-state index in [1.807, 2.05) is 0 Å². The maximum Gasteiger partial charge on any atom is 0.422 e. The van der Waals surface area contributed by atoms with E-state index in [-0.39, 0.29) is 12.3 Å². The Bertz CT molecular complexity index is 443. The molecule has 0 radical (unpaired) electrons. The van der Waals surface area contributed by atoms with Crippen molar-refractivity contribution in [2.24, 2.45) is 5.73 Å². The highest BCUT2D eigenvalue weighted by Crippen LogP contribution is 2.20. The van der Waals surface area contributed by atoms with Crippen LogP contribution in [0.2, 0.25) is 0 Å². The second-order valence-corrected chi connectivity index (χ2v) is 3.39. The van der Waals surface area contributed by atoms with Gasteiger partial charge in [-0.15, -0.1) is 0 Å². The molecule has 0 fully saturated rings. The summed E-state index contributed by atoms with van der Waals surface area (Å²) in [4.78, 5) is 0. The number of hydrogen-bond donors (Lipinski definition) is 1. The van der Waals surface area contributed by atoms with Gasteiger partial charge in [0.15, 0.2) is 6.61 Å². The third-order valence-corrected chi connectivity index (χ3v) is 1.93. The molecule has 5 heteroatoms. The van der Waals surface area contributed by atoms with Crippen LogP contribution in [-0.4, -0.2) is 19.3 Å². The zero-order valence-corrected chi connectivity index (χ0v) is 9.27. The van der Waals surface area contributed by atoms with Crippen molar-refractivity contribution in [3.63, 3.8) is 0 Å². The number of benzene rings is 1. The summed E-state index contributed by atoms with van der Waals surface area (Å²) in [7, 11) is 0. The first-order valence-corrected chi connectivity index (χ1v) is 4.91. The molecular weight excluding hydrogens is 231 g/mol. The molecule has 0 bridgehead atoms. The largest absolute Gasteiger partial charge is 0.484 e. The van der Waals surface area contributed by atoms with Crippen molar-refractivity contribution < 1.29 is 17.9 Å². The van der Waals surface area contributed by atoms with E-state index in [9.17, 15) is 13.2 Å². The molecule has 0 heterocycles. The molecule has 0 unspecified atom stereocenters. The molecule has 0 atom stereocenters. The zero-order chi connectivity index (χ0) is 12.9. The molecule has 0 spiro atoms. The maximum absolute atomic E-state index is 11.9. The Morgan fingerprint density at radius 3 is 2.59 bits per heavy atom. The fourth-order valence-corrected chi connectivity index (χ4v) is 1.18. The molecule has 0 saturated carbocycles. The van der Waals surface area contributed by atoms with E-state index >= 15 is 0 Å². The molecule has 2 nitrogen and oxygen atoms in total. The van der Waals surface area contributed by atoms with Crippen molar-refractivity contribution >= 4 is 0 Å². The molecule has 2 N–H and O–H groups in total. The number of nitrogens with two attached hydrogens (primary N) is 1. The van der Waals surface area contributed by atoms with E-state index in [1.165, 1.54) is 12.1 Å². The molecule has 0 aliphatic rings. The summed E-state index contributed by atoms with van der Waals surface area (Å²) < 4.78 is 40.4. The highest BCUT2D eigenvalue weighted by Gasteiger charge is 2.28. The summed E-state index contributed by atoms with van der Waals surface area (Å²) in [5.74, 6) is 5.68. The summed E-state index contributed by atoms with van der Waals surface area (Å²) in [6.45, 7) is 0.701. The number of hydrogen-bond acceptors (Lipinski definition) is 2. The summed E-state index contributed by atoms with van der Waals surface area (Å²) in [6, 6.07) is 4.59. The second kappa shape index (κ2) is 5.60. The topological polar surface area (TPSA) is 35.2 Å². The van der Waals surface area contributed by atoms with Gasteiger partial charge in [-0.3, -0.25) is 0 Å². The first-order chi connectivity index (χ1) is 7.92. The Balaban J connectivity index is 2.75. The van der Waals surface area contributed by atoms with Crippen LogP contribution in [0.15, 0.2) is 18.2 Å². The van der Waals surface area contributed by atoms with Gasteiger partial charge in [0.25, 0.3) is 0 Å². The van der Waals surface area contributed by atoms with Gasteiger partial charge in [-0.05, 0) is 30.7 Å². The minimum atomic E-state index is -4.33. The number of alkyl halides is 3. The summed E-state index contributed by atoms with van der Waals surface area (Å²) in [6.07, 6.45) is -4.33. The zero-order valence-electron chi connectivity index (χ0n) is 9.27. The van der Waals surface area contributed by atoms with E-state index in [1.54, 1.807) is 13.0 Å². The van der Waals surface area contributed by atoms with Crippen molar-refractivity contribution in [3.05, 3.63) is 29.3 Å². The maximum atomic E-state index is 11.9. The van der Waals surface area contributed by atoms with Crippen LogP contribution in [0.3, 0.4) is 0 Å². The predicted octanol–water partition coefficient (Wildman–Crippen LogP) is 2.25. The van der Waals surface area contributed by atoms with Gasteiger partial charge in [-0.2, -0.15) is 13.2 Å². The highest BCUT2D eigenvalue weighted by atomic mass is 19.4. The molecule has 17 heavy (non-hydrogen) atoms. The Morgan fingerprint density at radius 2 is 2.06 bits per heavy atom. The van der Waals surface area contributed by atoms with Crippen molar-refractivity contribution in [1.82, 2.24) is 0 Å². The van der Waals surface area contributed by atoms with Crippen LogP contribution in [0.5, 0.6) is 5.75 Å². The number of halogens is 3. The molecule has 1 aromatic rings. The van der Waals surface area contributed by atoms with Crippen molar-refractivity contribution in [3.8, 4) is 17.6 Å². The smallest absolute Gasteiger partial charge is 0.422 e. The van der Waals surface area contributed by atoms with Crippen LogP contribution in [0.25, 0.3) is 0 Å². The van der Waals surface area contributed by atoms with Crippen LogP contribution in [0.4, 0.5) is 13.2 Å². The van der Waals surface area contributed by atoms with Crippen LogP contribution >= 0.6 is 0 Å². The fraction of sp³-hybridized carbons (Fsp3) is 0.333. The summed E-state index contributed by atoms with van der Waals surface area (Å²) in [5.41, 5.74) is 6.72. The van der Waals surface area contributed by atoms with Gasteiger partial charge in [-0.1, -0.05) is 11.8 Å². The molecule has 1 aromatic carbocycles. The fourth-order valence-electron chi connectivity index (χ4n) is 1.18. The Morgan fingerprint density at radius 1 is 1.35 bits per heavy atom. The molecule has 0 saturated heterocycles. The SMILES string of the molecule is Cc1cc(OCC(F)(F)F)ccc1C#CCN. The highest BCUT2D eigenvalue weighted by molar-refractivity contribution is 5.44. The third kappa shape index (κ3) is 4.79. The predicted molar refractivity (Wildman–Crippen MR) is 58.7 cm³/mol. The Labute approximate surface area is 97.6 Å². The minimum absolute atomic E-state index is 0.179. The lowest BCUT2D eigenvalue weighted by atomic mass is 10.1. The van der Waals surface area contributed by atoms with E-state index < -0.39 is 12.8 Å². The molecule has 0 amide bonds. The second-order valence-electron chi connectivity index (χ2n) is 3.39. The van der Waals surface area contributed by atoms with Crippen LogP contribution in [0, 0.1) is 18.8 Å². The molecule has 1 rings (SSSR count). The van der Waals surface area contributed by atoms with Gasteiger partial charge in [0.1, 0.15) is 5.75 Å². The Kier molecular flexibility index (Phi) is 4.41. The molecular formula is C12H12F3NO. The first-order valence-electron chi connectivity index (χ1n) is 4.91. The first kappa shape index (κ1) is 13.4. The van der Waals surface area contributed by atoms with Gasteiger partial charge in [0, 0.05) is 5.56 Å². The van der Waals surface area contributed by atoms with E-state index in [0.29, 0.717) is 0 Å². The standard InChI is InChI=1S/C12H12F3NO/c1-9-7-11(17-8-12(13,14)15)5-4-10(9)3-2-6-16/h4-5,7H,6,8,16H2,1H3. The average Bonchev–Trinajstić information content (AvgIpc) is 2.24. The third-order valence-electron chi connectivity index (χ3n) is 1.93. The lowest BCUT2D eigenvalue weighted by Gasteiger charge is -2.10. The van der Waals surface area contributed by atoms with Crippen molar-refractivity contribution in [1.29, 1.82) is 0 Å². The molecule has 92 valence electrons. The van der Waals surface area contributed by atoms with Gasteiger partial charge in [0.05, 0.1) is 6.54 Å². The van der Waals surface area contributed by atoms with Gasteiger partial charge in [-0.25, -0.2) is 0 Å². The van der Waals surface area contributed by atoms with E-state index in [2.05, 4.69) is 16.6 Å². The van der Waals surface area contributed by atoms with Gasteiger partial charge >= 0.3 is 6.18 Å². The monoisotopic (exact) mass is 243 g/mol. The molecule has 0 aliphatic carbocycles. The summed E-state index contributed by atoms with van der Waals surface area (Å²) >= 11 is 0. The number of ether oxygens (including phenoxy) is 1. The lowest BCUT2D eigenvalue weighted by molar-refractivity contribution is -0.153. The van der Waals surface area contributed by atoms with Gasteiger partial charge in [0.2, 0.25) is 0 Å². The minimum Gasteiger partial charge on any atom is -0.484 e. The van der Waals surface area contributed by atoms with Crippen molar-refractivity contribution in [2.75, 3.05) is 13.2 Å². The average molecular weight is 243 g/mol. The van der Waals surface area contributed by atoms with Crippen LogP contribution in [-0.2, 0) is 0 Å². The van der Waals surface area contributed by atoms with Crippen LogP contribution in [0.1, 0.15) is 11.1 Å². The van der Waals surface area contributed by atoms with E-state index in [4.69, 9.17) is 5.73 Å². The van der Waals surface area contributed by atoms with Crippen LogP contribution < -0.4 is 10.5 Å². The quantitative estimate of drug-likeness (QED) is 0.808. The lowest BCUT2D eigenvalue weighted by Crippen LogP contribution is -2.19. The van der Waals surface area contributed by atoms with E-state index in [0.717, 1.165) is 11.1 Å².